The molecule has 0 radical (unpaired) electrons. The van der Waals surface area contributed by atoms with Crippen LogP contribution in [-0.2, 0) is 0 Å². The molecule has 0 aromatic rings. The summed E-state index contributed by atoms with van der Waals surface area (Å²) in [6.07, 6.45) is 1.23. The summed E-state index contributed by atoms with van der Waals surface area (Å²) in [4.78, 5) is 2.17. The highest BCUT2D eigenvalue weighted by molar-refractivity contribution is 6.45. The molecule has 0 unspecified atom stereocenters. The van der Waals surface area contributed by atoms with E-state index in [4.69, 9.17) is 0 Å². The van der Waals surface area contributed by atoms with E-state index in [1.165, 1.54) is 6.42 Å². The Morgan fingerprint density at radius 2 is 2.50 bits per heavy atom. The quantitative estimate of drug-likeness (QED) is 0.465. The Morgan fingerprint density at radius 1 is 1.70 bits per heavy atom. The van der Waals surface area contributed by atoms with Crippen molar-refractivity contribution in [2.75, 3.05) is 13.1 Å². The lowest BCUT2D eigenvalue weighted by Gasteiger charge is -2.27. The summed E-state index contributed by atoms with van der Waals surface area (Å²) in [7, 11) is -0.253. The minimum absolute atomic E-state index is 0.253. The van der Waals surface area contributed by atoms with Crippen LogP contribution in [0, 0.1) is 0 Å². The number of rotatable bonds is 1. The standard InChI is InChI=1S/C6H13BN2O/c1-7(10)9-4-5-2-6(9)3-8-5/h5-6,8,10H,2-4H2,1H3/t5-,6+/m0/s1. The van der Waals surface area contributed by atoms with Crippen molar-refractivity contribution in [2.45, 2.75) is 25.3 Å². The maximum atomic E-state index is 9.27. The van der Waals surface area contributed by atoms with Crippen LogP contribution in [0.25, 0.3) is 0 Å². The zero-order chi connectivity index (χ0) is 7.14. The molecule has 56 valence electrons. The second-order valence-electron chi connectivity index (χ2n) is 3.32. The normalized spacial score (nSPS) is 39.0. The second-order valence-corrected chi connectivity index (χ2v) is 3.32. The number of hydrogen-bond acceptors (Lipinski definition) is 3. The SMILES string of the molecule is CB(O)N1C[C@@H]2C[C@@H]1CN2. The molecule has 2 N–H and O–H groups in total. The van der Waals surface area contributed by atoms with Crippen molar-refractivity contribution in [2.24, 2.45) is 0 Å². The van der Waals surface area contributed by atoms with Crippen molar-refractivity contribution in [1.29, 1.82) is 0 Å². The molecule has 3 nitrogen and oxygen atoms in total. The Morgan fingerprint density at radius 3 is 2.80 bits per heavy atom. The van der Waals surface area contributed by atoms with Gasteiger partial charge in [0.15, 0.2) is 0 Å². The van der Waals surface area contributed by atoms with Gasteiger partial charge in [-0.25, -0.2) is 0 Å². The summed E-state index contributed by atoms with van der Waals surface area (Å²) >= 11 is 0. The molecule has 4 heteroatoms. The Labute approximate surface area is 61.5 Å². The van der Waals surface area contributed by atoms with Crippen molar-refractivity contribution < 1.29 is 5.02 Å². The van der Waals surface area contributed by atoms with Crippen LogP contribution in [0.5, 0.6) is 0 Å². The van der Waals surface area contributed by atoms with Gasteiger partial charge in [0.25, 0.3) is 0 Å². The highest BCUT2D eigenvalue weighted by Gasteiger charge is 2.40. The smallest absolute Gasteiger partial charge is 0.376 e. The molecular formula is C6H13BN2O. The molecule has 0 amide bonds. The van der Waals surface area contributed by atoms with Crippen LogP contribution < -0.4 is 5.32 Å². The van der Waals surface area contributed by atoms with Crippen molar-refractivity contribution in [1.82, 2.24) is 10.1 Å². The van der Waals surface area contributed by atoms with Gasteiger partial charge in [-0.3, -0.25) is 0 Å². The molecule has 2 fully saturated rings. The van der Waals surface area contributed by atoms with Crippen LogP contribution in [0.3, 0.4) is 0 Å². The fraction of sp³-hybridized carbons (Fsp3) is 1.00. The van der Waals surface area contributed by atoms with Crippen molar-refractivity contribution in [3.05, 3.63) is 0 Å². The highest BCUT2D eigenvalue weighted by Crippen LogP contribution is 2.23. The number of nitrogens with one attached hydrogen (secondary N) is 1. The monoisotopic (exact) mass is 140 g/mol. The lowest BCUT2D eigenvalue weighted by Crippen LogP contribution is -2.49. The third kappa shape index (κ3) is 0.874. The van der Waals surface area contributed by atoms with E-state index < -0.39 is 0 Å². The van der Waals surface area contributed by atoms with Gasteiger partial charge in [0.05, 0.1) is 0 Å². The van der Waals surface area contributed by atoms with Crippen molar-refractivity contribution >= 4 is 7.05 Å². The van der Waals surface area contributed by atoms with E-state index in [-0.39, 0.29) is 7.05 Å². The summed E-state index contributed by atoms with van der Waals surface area (Å²) in [5.74, 6) is 0. The predicted octanol–water partition coefficient (Wildman–Crippen LogP) is -0.857. The molecule has 0 saturated carbocycles. The summed E-state index contributed by atoms with van der Waals surface area (Å²) in [5, 5.41) is 12.7. The second kappa shape index (κ2) is 2.22. The van der Waals surface area contributed by atoms with Gasteiger partial charge < -0.3 is 15.2 Å². The molecule has 2 atom stereocenters. The highest BCUT2D eigenvalue weighted by atomic mass is 16.2. The first-order chi connectivity index (χ1) is 4.77. The molecule has 2 bridgehead atoms. The largest absolute Gasteiger partial charge is 0.437 e. The van der Waals surface area contributed by atoms with Crippen LogP contribution in [-0.4, -0.2) is 42.1 Å². The van der Waals surface area contributed by atoms with Crippen LogP contribution in [0.2, 0.25) is 6.82 Å². The Hall–Kier alpha value is -0.0551. The Balaban J connectivity index is 2.02. The third-order valence-corrected chi connectivity index (χ3v) is 2.58. The summed E-state index contributed by atoms with van der Waals surface area (Å²) in [6.45, 7) is 3.94. The van der Waals surface area contributed by atoms with Crippen LogP contribution in [0.1, 0.15) is 6.42 Å². The van der Waals surface area contributed by atoms with Crippen LogP contribution in [0.15, 0.2) is 0 Å². The maximum absolute atomic E-state index is 9.27. The molecular weight excluding hydrogens is 127 g/mol. The van der Waals surface area contributed by atoms with Gasteiger partial charge in [-0.05, 0) is 13.2 Å². The molecule has 2 rings (SSSR count). The average molecular weight is 140 g/mol. The minimum Gasteiger partial charge on any atom is -0.437 e. The third-order valence-electron chi connectivity index (χ3n) is 2.58. The van der Waals surface area contributed by atoms with Gasteiger partial charge in [0.2, 0.25) is 0 Å². The molecule has 10 heavy (non-hydrogen) atoms. The molecule has 0 spiro atoms. The molecule has 0 aromatic carbocycles. The lowest BCUT2D eigenvalue weighted by atomic mass is 9.84. The van der Waals surface area contributed by atoms with E-state index in [0.29, 0.717) is 12.1 Å². The van der Waals surface area contributed by atoms with Gasteiger partial charge >= 0.3 is 7.05 Å². The molecule has 2 aliphatic heterocycles. The van der Waals surface area contributed by atoms with Gasteiger partial charge in [-0.15, -0.1) is 0 Å². The fourth-order valence-corrected chi connectivity index (χ4v) is 2.05. The first-order valence-electron chi connectivity index (χ1n) is 3.94. The molecule has 2 heterocycles. The van der Waals surface area contributed by atoms with Gasteiger partial charge in [-0.1, -0.05) is 0 Å². The first kappa shape index (κ1) is 6.64. The molecule has 2 saturated heterocycles. The predicted molar refractivity (Wildman–Crippen MR) is 40.7 cm³/mol. The molecule has 0 aromatic heterocycles. The Kier molecular flexibility index (Phi) is 1.48. The van der Waals surface area contributed by atoms with E-state index in [0.717, 1.165) is 13.1 Å². The van der Waals surface area contributed by atoms with E-state index >= 15 is 0 Å². The summed E-state index contributed by atoms with van der Waals surface area (Å²) < 4.78 is 0. The van der Waals surface area contributed by atoms with Gasteiger partial charge in [0.1, 0.15) is 0 Å². The van der Waals surface area contributed by atoms with E-state index in [9.17, 15) is 5.02 Å². The average Bonchev–Trinajstić information content (AvgIpc) is 2.44. The van der Waals surface area contributed by atoms with Crippen molar-refractivity contribution in [3.8, 4) is 0 Å². The lowest BCUT2D eigenvalue weighted by molar-refractivity contribution is 0.312. The topological polar surface area (TPSA) is 35.5 Å². The summed E-state index contributed by atoms with van der Waals surface area (Å²) in [5.41, 5.74) is 0. The minimum atomic E-state index is -0.253. The Bertz CT molecular complexity index is 142. The number of piperazine rings is 1. The van der Waals surface area contributed by atoms with Gasteiger partial charge in [-0.2, -0.15) is 0 Å². The molecule has 2 aliphatic rings. The number of nitrogens with zero attached hydrogens (tertiary/aromatic N) is 1. The van der Waals surface area contributed by atoms with Gasteiger partial charge in [0, 0.05) is 25.2 Å². The summed E-state index contributed by atoms with van der Waals surface area (Å²) in [6, 6.07) is 1.25. The zero-order valence-corrected chi connectivity index (χ0v) is 6.25. The number of fused-ring (bicyclic) bond motifs is 2. The maximum Gasteiger partial charge on any atom is 0.376 e. The van der Waals surface area contributed by atoms with Crippen LogP contribution in [0.4, 0.5) is 0 Å². The first-order valence-corrected chi connectivity index (χ1v) is 3.94. The van der Waals surface area contributed by atoms with Crippen LogP contribution >= 0.6 is 0 Å². The molecule has 0 aliphatic carbocycles. The number of hydrogen-bond donors (Lipinski definition) is 2. The fourth-order valence-electron chi connectivity index (χ4n) is 2.05. The van der Waals surface area contributed by atoms with E-state index in [1.54, 1.807) is 0 Å². The van der Waals surface area contributed by atoms with E-state index in [1.807, 2.05) is 6.82 Å². The van der Waals surface area contributed by atoms with E-state index in [2.05, 4.69) is 10.1 Å². The van der Waals surface area contributed by atoms with Crippen molar-refractivity contribution in [3.63, 3.8) is 0 Å². The zero-order valence-electron chi connectivity index (χ0n) is 6.25.